The lowest BCUT2D eigenvalue weighted by atomic mass is 10.1. The minimum absolute atomic E-state index is 0.446. The average Bonchev–Trinajstić information content (AvgIpc) is 2.92. The van der Waals surface area contributed by atoms with Crippen LogP contribution >= 0.6 is 0 Å². The number of rotatable bonds is 10. The third-order valence-electron chi connectivity index (χ3n) is 3.53. The van der Waals surface area contributed by atoms with Crippen LogP contribution in [-0.4, -0.2) is 35.7 Å². The van der Waals surface area contributed by atoms with Gasteiger partial charge in [-0.2, -0.15) is 4.98 Å². The Hall–Kier alpha value is -1.59. The zero-order valence-electron chi connectivity index (χ0n) is 14.5. The number of aromatic nitrogens is 2. The summed E-state index contributed by atoms with van der Waals surface area (Å²) in [5, 5.41) is 10.5. The van der Waals surface area contributed by atoms with Crippen molar-refractivity contribution in [1.29, 1.82) is 0 Å². The molecule has 0 spiro atoms. The highest BCUT2D eigenvalue weighted by molar-refractivity contribution is 5.79. The van der Waals surface area contributed by atoms with Crippen LogP contribution in [0.15, 0.2) is 9.52 Å². The van der Waals surface area contributed by atoms with Gasteiger partial charge < -0.3 is 15.2 Å². The summed E-state index contributed by atoms with van der Waals surface area (Å²) >= 11 is 0. The molecule has 0 amide bonds. The van der Waals surface area contributed by atoms with Crippen LogP contribution in [0.4, 0.5) is 0 Å². The van der Waals surface area contributed by atoms with Gasteiger partial charge in [0.05, 0.1) is 0 Å². The lowest BCUT2D eigenvalue weighted by Gasteiger charge is -2.17. The number of hydrogen-bond acceptors (Lipinski definition) is 4. The number of nitrogens with one attached hydrogen (secondary N) is 2. The van der Waals surface area contributed by atoms with Crippen molar-refractivity contribution in [2.24, 2.45) is 4.99 Å². The minimum atomic E-state index is 0.446. The van der Waals surface area contributed by atoms with Crippen molar-refractivity contribution in [3.8, 4) is 0 Å². The van der Waals surface area contributed by atoms with E-state index in [0.29, 0.717) is 17.8 Å². The molecule has 22 heavy (non-hydrogen) atoms. The highest BCUT2D eigenvalue weighted by atomic mass is 16.5. The molecule has 0 aromatic carbocycles. The van der Waals surface area contributed by atoms with Crippen molar-refractivity contribution >= 4 is 5.96 Å². The van der Waals surface area contributed by atoms with Crippen LogP contribution in [0, 0.1) is 6.92 Å². The predicted octanol–water partition coefficient (Wildman–Crippen LogP) is 2.83. The quantitative estimate of drug-likeness (QED) is 0.395. The zero-order valence-corrected chi connectivity index (χ0v) is 14.5. The van der Waals surface area contributed by atoms with E-state index in [1.165, 1.54) is 32.1 Å². The second-order valence-corrected chi connectivity index (χ2v) is 5.73. The summed E-state index contributed by atoms with van der Waals surface area (Å²) in [5.74, 6) is 2.26. The lowest BCUT2D eigenvalue weighted by molar-refractivity contribution is 0.372. The number of nitrogens with zero attached hydrogens (tertiary/aromatic N) is 3. The van der Waals surface area contributed by atoms with Crippen molar-refractivity contribution in [3.63, 3.8) is 0 Å². The van der Waals surface area contributed by atoms with Gasteiger partial charge in [0, 0.05) is 26.1 Å². The van der Waals surface area contributed by atoms with Crippen LogP contribution < -0.4 is 10.6 Å². The summed E-state index contributed by atoms with van der Waals surface area (Å²) in [6.45, 7) is 7.12. The molecule has 1 rings (SSSR count). The van der Waals surface area contributed by atoms with Crippen LogP contribution in [-0.2, 0) is 6.42 Å². The first kappa shape index (κ1) is 18.5. The van der Waals surface area contributed by atoms with Crippen molar-refractivity contribution in [1.82, 2.24) is 20.8 Å². The molecule has 1 aromatic rings. The van der Waals surface area contributed by atoms with Gasteiger partial charge in [-0.3, -0.25) is 4.99 Å². The van der Waals surface area contributed by atoms with Crippen LogP contribution in [0.3, 0.4) is 0 Å². The summed E-state index contributed by atoms with van der Waals surface area (Å²) in [6.07, 6.45) is 8.11. The van der Waals surface area contributed by atoms with Crippen LogP contribution in [0.25, 0.3) is 0 Å². The molecular weight excluding hydrogens is 278 g/mol. The van der Waals surface area contributed by atoms with Gasteiger partial charge in [0.1, 0.15) is 0 Å². The van der Waals surface area contributed by atoms with Gasteiger partial charge in [0.2, 0.25) is 5.89 Å². The molecule has 0 radical (unpaired) electrons. The Morgan fingerprint density at radius 3 is 2.73 bits per heavy atom. The van der Waals surface area contributed by atoms with Crippen molar-refractivity contribution < 1.29 is 4.52 Å². The predicted molar refractivity (Wildman–Crippen MR) is 90.1 cm³/mol. The van der Waals surface area contributed by atoms with Gasteiger partial charge in [-0.1, -0.05) is 37.8 Å². The first-order valence-electron chi connectivity index (χ1n) is 8.42. The van der Waals surface area contributed by atoms with E-state index in [1.54, 1.807) is 7.05 Å². The first-order chi connectivity index (χ1) is 10.7. The third-order valence-corrected chi connectivity index (χ3v) is 3.53. The van der Waals surface area contributed by atoms with E-state index in [1.807, 2.05) is 6.92 Å². The third kappa shape index (κ3) is 8.00. The molecule has 2 N–H and O–H groups in total. The fraction of sp³-hybridized carbons (Fsp3) is 0.812. The Morgan fingerprint density at radius 1 is 1.27 bits per heavy atom. The van der Waals surface area contributed by atoms with E-state index in [0.717, 1.165) is 25.3 Å². The molecule has 0 fully saturated rings. The summed E-state index contributed by atoms with van der Waals surface area (Å²) < 4.78 is 5.09. The molecular formula is C16H31N5O. The van der Waals surface area contributed by atoms with Gasteiger partial charge in [0.25, 0.3) is 0 Å². The molecule has 1 atom stereocenters. The molecule has 0 aliphatic rings. The molecule has 0 saturated heterocycles. The Morgan fingerprint density at radius 2 is 2.09 bits per heavy atom. The fourth-order valence-corrected chi connectivity index (χ4v) is 2.27. The normalized spacial score (nSPS) is 13.2. The molecule has 126 valence electrons. The van der Waals surface area contributed by atoms with Gasteiger partial charge in [-0.15, -0.1) is 0 Å². The molecule has 6 nitrogen and oxygen atoms in total. The van der Waals surface area contributed by atoms with E-state index in [-0.39, 0.29) is 0 Å². The Bertz CT molecular complexity index is 430. The maximum atomic E-state index is 5.09. The Balaban J connectivity index is 2.13. The fourth-order valence-electron chi connectivity index (χ4n) is 2.27. The molecule has 0 saturated carbocycles. The smallest absolute Gasteiger partial charge is 0.226 e. The van der Waals surface area contributed by atoms with E-state index < -0.39 is 0 Å². The highest BCUT2D eigenvalue weighted by Crippen LogP contribution is 2.05. The van der Waals surface area contributed by atoms with Gasteiger partial charge >= 0.3 is 0 Å². The van der Waals surface area contributed by atoms with Crippen LogP contribution in [0.2, 0.25) is 0 Å². The van der Waals surface area contributed by atoms with Gasteiger partial charge in [0.15, 0.2) is 11.8 Å². The van der Waals surface area contributed by atoms with Crippen LogP contribution in [0.5, 0.6) is 0 Å². The van der Waals surface area contributed by atoms with E-state index in [2.05, 4.69) is 39.6 Å². The minimum Gasteiger partial charge on any atom is -0.356 e. The molecule has 6 heteroatoms. The monoisotopic (exact) mass is 309 g/mol. The van der Waals surface area contributed by atoms with Crippen molar-refractivity contribution in [2.75, 3.05) is 13.6 Å². The average molecular weight is 309 g/mol. The first-order valence-corrected chi connectivity index (χ1v) is 8.42. The second kappa shape index (κ2) is 11.0. The van der Waals surface area contributed by atoms with Gasteiger partial charge in [-0.05, 0) is 26.7 Å². The molecule has 0 aliphatic heterocycles. The molecule has 1 unspecified atom stereocenters. The Kier molecular flexibility index (Phi) is 9.26. The van der Waals surface area contributed by atoms with Crippen molar-refractivity contribution in [3.05, 3.63) is 11.7 Å². The summed E-state index contributed by atoms with van der Waals surface area (Å²) in [7, 11) is 1.81. The van der Waals surface area contributed by atoms with Crippen molar-refractivity contribution in [2.45, 2.75) is 71.8 Å². The van der Waals surface area contributed by atoms with Gasteiger partial charge in [-0.25, -0.2) is 0 Å². The second-order valence-electron chi connectivity index (χ2n) is 5.73. The number of aryl methyl sites for hydroxylation is 2. The number of aliphatic imine (C=N–C) groups is 1. The van der Waals surface area contributed by atoms with E-state index in [9.17, 15) is 0 Å². The highest BCUT2D eigenvalue weighted by Gasteiger charge is 2.06. The van der Waals surface area contributed by atoms with Crippen LogP contribution in [0.1, 0.15) is 64.1 Å². The van der Waals surface area contributed by atoms with E-state index >= 15 is 0 Å². The summed E-state index contributed by atoms with van der Waals surface area (Å²) in [6, 6.07) is 0.446. The Labute approximate surface area is 134 Å². The number of guanidine groups is 1. The number of unbranched alkanes of at least 4 members (excludes halogenated alkanes) is 3. The zero-order chi connectivity index (χ0) is 16.2. The van der Waals surface area contributed by atoms with E-state index in [4.69, 9.17) is 4.52 Å². The number of hydrogen-bond donors (Lipinski definition) is 2. The molecule has 0 bridgehead atoms. The largest absolute Gasteiger partial charge is 0.356 e. The topological polar surface area (TPSA) is 75.3 Å². The maximum absolute atomic E-state index is 5.09. The molecule has 1 heterocycles. The maximum Gasteiger partial charge on any atom is 0.226 e. The summed E-state index contributed by atoms with van der Waals surface area (Å²) in [4.78, 5) is 8.46. The standard InChI is InChI=1S/C16H31N5O/c1-5-6-7-8-10-13(2)19-16(17-4)18-12-9-11-15-20-14(3)21-22-15/h13H,5-12H2,1-4H3,(H2,17,18,19). The lowest BCUT2D eigenvalue weighted by Crippen LogP contribution is -2.42. The SMILES string of the molecule is CCCCCCC(C)NC(=NC)NCCCc1nc(C)no1. The summed E-state index contributed by atoms with van der Waals surface area (Å²) in [5.41, 5.74) is 0. The molecule has 0 aliphatic carbocycles. The molecule has 1 aromatic heterocycles.